The van der Waals surface area contributed by atoms with Crippen molar-refractivity contribution in [3.8, 4) is 5.75 Å². The van der Waals surface area contributed by atoms with Gasteiger partial charge in [-0.05, 0) is 24.3 Å². The summed E-state index contributed by atoms with van der Waals surface area (Å²) in [4.78, 5) is 18.5. The fourth-order valence-electron chi connectivity index (χ4n) is 2.88. The summed E-state index contributed by atoms with van der Waals surface area (Å²) in [5.41, 5.74) is 1.32. The minimum atomic E-state index is -3.32. The second-order valence-electron chi connectivity index (χ2n) is 6.77. The maximum atomic E-state index is 13.6. The molecule has 3 rings (SSSR count). The van der Waals surface area contributed by atoms with E-state index in [-0.39, 0.29) is 37.1 Å². The summed E-state index contributed by atoms with van der Waals surface area (Å²) in [7, 11) is -1.70. The van der Waals surface area contributed by atoms with Gasteiger partial charge in [-0.25, -0.2) is 17.8 Å². The zero-order valence-corrected chi connectivity index (χ0v) is 17.0. The predicted molar refractivity (Wildman–Crippen MR) is 108 cm³/mol. The summed E-state index contributed by atoms with van der Waals surface area (Å²) in [5.74, 6) is -0.506. The van der Waals surface area contributed by atoms with Crippen LogP contribution in [0, 0.1) is 5.82 Å². The Hall–Kier alpha value is -2.94. The highest BCUT2D eigenvalue weighted by Gasteiger charge is 2.19. The average Bonchev–Trinajstić information content (AvgIpc) is 2.98. The van der Waals surface area contributed by atoms with Crippen LogP contribution < -0.4 is 4.74 Å². The molecule has 1 heterocycles. The first-order valence-corrected chi connectivity index (χ1v) is 11.0. The van der Waals surface area contributed by atoms with Crippen LogP contribution >= 0.6 is 0 Å². The van der Waals surface area contributed by atoms with Crippen LogP contribution in [0.3, 0.4) is 0 Å². The van der Waals surface area contributed by atoms with E-state index >= 15 is 0 Å². The lowest BCUT2D eigenvalue weighted by molar-refractivity contribution is -0.130. The fraction of sp³-hybridized carbons (Fsp3) is 0.300. The number of sulfone groups is 1. The Labute approximate surface area is 168 Å². The molecule has 154 valence electrons. The number of fused-ring (bicyclic) bond motifs is 1. The van der Waals surface area contributed by atoms with Gasteiger partial charge in [0.1, 0.15) is 24.7 Å². The molecular weight excluding hydrogens is 397 g/mol. The molecule has 0 N–H and O–H groups in total. The number of hydrogen-bond donors (Lipinski definition) is 0. The van der Waals surface area contributed by atoms with Gasteiger partial charge in [0, 0.05) is 13.3 Å². The van der Waals surface area contributed by atoms with E-state index in [2.05, 4.69) is 4.98 Å². The molecule has 0 spiro atoms. The topological polar surface area (TPSA) is 81.5 Å². The molecular formula is C20H22FN3O4S. The SMILES string of the molecule is CN(CCOc1ccccc1F)C(=O)Cn1c(CS(C)(=O)=O)nc2ccccc21. The molecule has 9 heteroatoms. The van der Waals surface area contributed by atoms with Crippen molar-refractivity contribution in [1.82, 2.24) is 14.5 Å². The molecule has 0 aliphatic rings. The van der Waals surface area contributed by atoms with E-state index in [1.165, 1.54) is 17.0 Å². The van der Waals surface area contributed by atoms with Gasteiger partial charge in [-0.15, -0.1) is 0 Å². The molecule has 0 bridgehead atoms. The number of carbonyl (C=O) groups is 1. The third-order valence-corrected chi connectivity index (χ3v) is 5.15. The zero-order valence-electron chi connectivity index (χ0n) is 16.2. The first-order valence-electron chi connectivity index (χ1n) is 8.98. The molecule has 3 aromatic rings. The smallest absolute Gasteiger partial charge is 0.242 e. The van der Waals surface area contributed by atoms with Gasteiger partial charge in [0.25, 0.3) is 0 Å². The summed E-state index contributed by atoms with van der Waals surface area (Å²) in [6.45, 7) is 0.326. The molecule has 1 amide bonds. The second-order valence-corrected chi connectivity index (χ2v) is 8.91. The van der Waals surface area contributed by atoms with Gasteiger partial charge in [0.15, 0.2) is 21.4 Å². The number of amides is 1. The lowest BCUT2D eigenvalue weighted by atomic mass is 10.3. The predicted octanol–water partition coefficient (Wildman–Crippen LogP) is 2.26. The van der Waals surface area contributed by atoms with E-state index in [0.717, 1.165) is 6.26 Å². The summed E-state index contributed by atoms with van der Waals surface area (Å²) in [5, 5.41) is 0. The third-order valence-electron chi connectivity index (χ3n) is 4.36. The molecule has 0 fully saturated rings. The molecule has 0 saturated heterocycles. The van der Waals surface area contributed by atoms with Crippen LogP contribution in [0.25, 0.3) is 11.0 Å². The molecule has 0 aliphatic carbocycles. The highest BCUT2D eigenvalue weighted by Crippen LogP contribution is 2.18. The summed E-state index contributed by atoms with van der Waals surface area (Å²) in [6, 6.07) is 13.2. The van der Waals surface area contributed by atoms with Crippen molar-refractivity contribution in [2.45, 2.75) is 12.3 Å². The number of ether oxygens (including phenoxy) is 1. The minimum absolute atomic E-state index is 0.0540. The van der Waals surface area contributed by atoms with Crippen molar-refractivity contribution < 1.29 is 22.3 Å². The zero-order chi connectivity index (χ0) is 21.0. The number of likely N-dealkylation sites (N-methyl/N-ethyl adjacent to an activating group) is 1. The fourth-order valence-corrected chi connectivity index (χ4v) is 3.57. The number of benzene rings is 2. The molecule has 0 saturated carbocycles. The number of rotatable bonds is 8. The molecule has 0 radical (unpaired) electrons. The van der Waals surface area contributed by atoms with Crippen LogP contribution in [0.5, 0.6) is 5.75 Å². The maximum Gasteiger partial charge on any atom is 0.242 e. The molecule has 7 nitrogen and oxygen atoms in total. The van der Waals surface area contributed by atoms with Crippen LogP contribution in [0.2, 0.25) is 0 Å². The largest absolute Gasteiger partial charge is 0.489 e. The van der Waals surface area contributed by atoms with Crippen LogP contribution in [0.4, 0.5) is 4.39 Å². The number of aromatic nitrogens is 2. The van der Waals surface area contributed by atoms with E-state index < -0.39 is 15.7 Å². The van der Waals surface area contributed by atoms with Crippen molar-refractivity contribution in [2.24, 2.45) is 0 Å². The van der Waals surface area contributed by atoms with Crippen molar-refractivity contribution in [3.05, 3.63) is 60.2 Å². The summed E-state index contributed by atoms with van der Waals surface area (Å²) >= 11 is 0. The third kappa shape index (κ3) is 5.32. The van der Waals surface area contributed by atoms with Crippen molar-refractivity contribution in [1.29, 1.82) is 0 Å². The Bertz CT molecular complexity index is 1130. The van der Waals surface area contributed by atoms with Gasteiger partial charge >= 0.3 is 0 Å². The summed E-state index contributed by atoms with van der Waals surface area (Å²) in [6.07, 6.45) is 1.13. The van der Waals surface area contributed by atoms with Gasteiger partial charge in [0.2, 0.25) is 5.91 Å². The van der Waals surface area contributed by atoms with Crippen LogP contribution in [-0.2, 0) is 26.9 Å². The molecule has 2 aromatic carbocycles. The maximum absolute atomic E-state index is 13.6. The van der Waals surface area contributed by atoms with Crippen molar-refractivity contribution in [3.63, 3.8) is 0 Å². The lowest BCUT2D eigenvalue weighted by Gasteiger charge is -2.19. The van der Waals surface area contributed by atoms with Gasteiger partial charge in [-0.2, -0.15) is 0 Å². The molecule has 0 unspecified atom stereocenters. The number of nitrogens with zero attached hydrogens (tertiary/aromatic N) is 3. The van der Waals surface area contributed by atoms with Crippen LogP contribution in [0.15, 0.2) is 48.5 Å². The Balaban J connectivity index is 1.70. The van der Waals surface area contributed by atoms with Crippen molar-refractivity contribution >= 4 is 26.8 Å². The minimum Gasteiger partial charge on any atom is -0.489 e. The number of carbonyl (C=O) groups excluding carboxylic acids is 1. The van der Waals surface area contributed by atoms with E-state index in [4.69, 9.17) is 4.74 Å². The number of imidazole rings is 1. The highest BCUT2D eigenvalue weighted by atomic mass is 32.2. The Morgan fingerprint density at radius 2 is 1.86 bits per heavy atom. The van der Waals surface area contributed by atoms with E-state index in [0.29, 0.717) is 16.9 Å². The molecule has 29 heavy (non-hydrogen) atoms. The highest BCUT2D eigenvalue weighted by molar-refractivity contribution is 7.89. The molecule has 0 aliphatic heterocycles. The molecule has 0 atom stereocenters. The number of para-hydroxylation sites is 3. The Morgan fingerprint density at radius 3 is 2.59 bits per heavy atom. The number of halogens is 1. The molecule has 1 aromatic heterocycles. The van der Waals surface area contributed by atoms with Gasteiger partial charge in [-0.1, -0.05) is 24.3 Å². The monoisotopic (exact) mass is 419 g/mol. The first-order chi connectivity index (χ1) is 13.7. The van der Waals surface area contributed by atoms with E-state index in [9.17, 15) is 17.6 Å². The first kappa shape index (κ1) is 20.8. The van der Waals surface area contributed by atoms with E-state index in [1.807, 2.05) is 0 Å². The normalized spacial score (nSPS) is 11.6. The second kappa shape index (κ2) is 8.60. The van der Waals surface area contributed by atoms with Crippen LogP contribution in [0.1, 0.15) is 5.82 Å². The summed E-state index contributed by atoms with van der Waals surface area (Å²) < 4.78 is 44.1. The van der Waals surface area contributed by atoms with Crippen LogP contribution in [-0.4, -0.2) is 55.2 Å². The van der Waals surface area contributed by atoms with Gasteiger partial charge in [-0.3, -0.25) is 4.79 Å². The standard InChI is InChI=1S/C20H22FN3O4S/c1-23(11-12-28-18-10-6-3-7-15(18)21)20(25)13-24-17-9-5-4-8-16(17)22-19(24)14-29(2,26)27/h3-10H,11-14H2,1-2H3. The number of hydrogen-bond acceptors (Lipinski definition) is 5. The lowest BCUT2D eigenvalue weighted by Crippen LogP contribution is -2.34. The average molecular weight is 419 g/mol. The Kier molecular flexibility index (Phi) is 6.17. The van der Waals surface area contributed by atoms with Gasteiger partial charge < -0.3 is 14.2 Å². The van der Waals surface area contributed by atoms with Crippen molar-refractivity contribution in [2.75, 3.05) is 26.5 Å². The van der Waals surface area contributed by atoms with E-state index in [1.54, 1.807) is 48.0 Å². The Morgan fingerprint density at radius 1 is 1.17 bits per heavy atom. The van der Waals surface area contributed by atoms with Gasteiger partial charge in [0.05, 0.1) is 17.6 Å². The quantitative estimate of drug-likeness (QED) is 0.559.